The first-order valence-electron chi connectivity index (χ1n) is 10.6. The van der Waals surface area contributed by atoms with Crippen LogP contribution < -0.4 is 15.4 Å². The number of fused-ring (bicyclic) bond motifs is 2. The minimum atomic E-state index is -2.97. The number of nitrogens with one attached hydrogen (secondary N) is 2. The molecule has 0 saturated carbocycles. The van der Waals surface area contributed by atoms with Crippen molar-refractivity contribution in [2.75, 3.05) is 12.4 Å². The number of amides is 2. The van der Waals surface area contributed by atoms with Crippen LogP contribution in [0.1, 0.15) is 26.4 Å². The number of pyridine rings is 1. The lowest BCUT2D eigenvalue weighted by Gasteiger charge is -2.25. The number of carbonyl (C=O) groups excluding carboxylic acids is 2. The SMILES string of the molecule is CNC(=O)c1cc(Oc2ccc3c(C(=O)Nc4ccc5c(c4)S(O)(O)C=C5)cccc3c2)ccn1. The molecule has 0 bridgehead atoms. The molecule has 0 fully saturated rings. The number of benzene rings is 3. The highest BCUT2D eigenvalue weighted by atomic mass is 32.3. The molecule has 2 amide bonds. The van der Waals surface area contributed by atoms with E-state index in [0.29, 0.717) is 27.6 Å². The average molecular weight is 488 g/mol. The van der Waals surface area contributed by atoms with E-state index in [1.54, 1.807) is 60.7 Å². The summed E-state index contributed by atoms with van der Waals surface area (Å²) in [5.41, 5.74) is 1.90. The zero-order chi connectivity index (χ0) is 24.6. The molecule has 0 aliphatic carbocycles. The molecule has 2 heterocycles. The third-order valence-corrected chi connectivity index (χ3v) is 7.07. The third-order valence-electron chi connectivity index (χ3n) is 5.56. The van der Waals surface area contributed by atoms with Gasteiger partial charge >= 0.3 is 0 Å². The molecule has 1 aliphatic rings. The van der Waals surface area contributed by atoms with E-state index in [9.17, 15) is 18.7 Å². The summed E-state index contributed by atoms with van der Waals surface area (Å²) in [5.74, 6) is 0.370. The van der Waals surface area contributed by atoms with Crippen LogP contribution in [0.2, 0.25) is 0 Å². The first kappa shape index (κ1) is 22.6. The summed E-state index contributed by atoms with van der Waals surface area (Å²) in [6.45, 7) is 0. The lowest BCUT2D eigenvalue weighted by Crippen LogP contribution is -2.18. The van der Waals surface area contributed by atoms with E-state index in [0.717, 1.165) is 16.3 Å². The summed E-state index contributed by atoms with van der Waals surface area (Å²) in [6, 6.07) is 19.0. The van der Waals surface area contributed by atoms with Crippen molar-refractivity contribution in [3.8, 4) is 11.5 Å². The molecule has 0 saturated heterocycles. The fourth-order valence-electron chi connectivity index (χ4n) is 3.84. The van der Waals surface area contributed by atoms with Crippen molar-refractivity contribution < 1.29 is 23.4 Å². The molecule has 0 radical (unpaired) electrons. The Kier molecular flexibility index (Phi) is 5.73. The van der Waals surface area contributed by atoms with Crippen molar-refractivity contribution in [3.63, 3.8) is 0 Å². The van der Waals surface area contributed by atoms with Crippen molar-refractivity contribution in [2.45, 2.75) is 4.90 Å². The van der Waals surface area contributed by atoms with E-state index < -0.39 is 10.6 Å². The lowest BCUT2D eigenvalue weighted by atomic mass is 10.0. The van der Waals surface area contributed by atoms with Crippen molar-refractivity contribution >= 4 is 44.9 Å². The molecule has 1 aromatic heterocycles. The van der Waals surface area contributed by atoms with Crippen molar-refractivity contribution in [2.24, 2.45) is 0 Å². The number of rotatable bonds is 5. The summed E-state index contributed by atoms with van der Waals surface area (Å²) in [4.78, 5) is 29.3. The second kappa shape index (κ2) is 8.88. The average Bonchev–Trinajstić information content (AvgIpc) is 3.17. The fraction of sp³-hybridized carbons (Fsp3) is 0.0385. The van der Waals surface area contributed by atoms with Gasteiger partial charge in [0.15, 0.2) is 0 Å². The largest absolute Gasteiger partial charge is 0.457 e. The Labute approximate surface area is 202 Å². The highest BCUT2D eigenvalue weighted by Crippen LogP contribution is 2.56. The molecule has 35 heavy (non-hydrogen) atoms. The molecule has 3 aromatic carbocycles. The number of hydrogen-bond acceptors (Lipinski definition) is 6. The lowest BCUT2D eigenvalue weighted by molar-refractivity contribution is 0.0957. The predicted octanol–water partition coefficient (Wildman–Crippen LogP) is 5.73. The van der Waals surface area contributed by atoms with Gasteiger partial charge in [0.25, 0.3) is 11.8 Å². The first-order chi connectivity index (χ1) is 16.8. The molecule has 0 unspecified atom stereocenters. The number of hydrogen-bond donors (Lipinski definition) is 4. The van der Waals surface area contributed by atoms with Gasteiger partial charge in [-0.25, -0.2) is 0 Å². The second-order valence-corrected chi connectivity index (χ2v) is 9.75. The highest BCUT2D eigenvalue weighted by Gasteiger charge is 2.22. The van der Waals surface area contributed by atoms with Crippen LogP contribution in [0.25, 0.3) is 16.8 Å². The maximum atomic E-state index is 13.1. The van der Waals surface area contributed by atoms with E-state index in [2.05, 4.69) is 15.6 Å². The van der Waals surface area contributed by atoms with Crippen LogP contribution in [0.5, 0.6) is 11.5 Å². The highest BCUT2D eigenvalue weighted by molar-refractivity contribution is 8.27. The molecule has 4 aromatic rings. The standard InChI is InChI=1S/C26H21N3O5S/c1-27-26(31)23-15-20(9-11-28-23)34-19-7-8-21-17(13-19)3-2-4-22(21)25(30)29-18-6-5-16-10-12-35(32,33)24(16)14-18/h2-15,32-33H,1H3,(H,27,31)(H,29,30). The van der Waals surface area contributed by atoms with Gasteiger partial charge in [0.2, 0.25) is 0 Å². The number of nitrogens with zero attached hydrogens (tertiary/aromatic N) is 1. The molecule has 0 spiro atoms. The zero-order valence-corrected chi connectivity index (χ0v) is 19.4. The van der Waals surface area contributed by atoms with Crippen molar-refractivity contribution in [1.29, 1.82) is 0 Å². The third kappa shape index (κ3) is 4.47. The molecule has 9 heteroatoms. The Hall–Kier alpha value is -4.18. The summed E-state index contributed by atoms with van der Waals surface area (Å²) in [7, 11) is -1.44. The van der Waals surface area contributed by atoms with E-state index in [-0.39, 0.29) is 17.5 Å². The number of ether oxygens (including phenoxy) is 1. The van der Waals surface area contributed by atoms with Gasteiger partial charge in [-0.15, -0.1) is 10.6 Å². The molecular weight excluding hydrogens is 466 g/mol. The normalized spacial score (nSPS) is 14.3. The first-order valence-corrected chi connectivity index (χ1v) is 12.3. The quantitative estimate of drug-likeness (QED) is 0.285. The number of anilines is 1. The van der Waals surface area contributed by atoms with Crippen LogP contribution in [0.3, 0.4) is 0 Å². The van der Waals surface area contributed by atoms with Crippen LogP contribution in [0, 0.1) is 0 Å². The van der Waals surface area contributed by atoms with Gasteiger partial charge in [-0.1, -0.05) is 18.2 Å². The van der Waals surface area contributed by atoms with E-state index >= 15 is 0 Å². The monoisotopic (exact) mass is 487 g/mol. The van der Waals surface area contributed by atoms with Crippen molar-refractivity contribution in [1.82, 2.24) is 10.3 Å². The second-order valence-electron chi connectivity index (χ2n) is 7.85. The van der Waals surface area contributed by atoms with Gasteiger partial charge in [0.05, 0.1) is 4.90 Å². The number of carbonyl (C=O) groups is 2. The Morgan fingerprint density at radius 2 is 1.77 bits per heavy atom. The Morgan fingerprint density at radius 3 is 2.60 bits per heavy atom. The van der Waals surface area contributed by atoms with Gasteiger partial charge in [-0.2, -0.15) is 0 Å². The molecule has 0 atom stereocenters. The van der Waals surface area contributed by atoms with E-state index in [1.165, 1.54) is 18.7 Å². The molecule has 176 valence electrons. The van der Waals surface area contributed by atoms with E-state index in [1.807, 2.05) is 12.1 Å². The topological polar surface area (TPSA) is 121 Å². The Balaban J connectivity index is 1.39. The molecular formula is C26H21N3O5S. The Bertz CT molecular complexity index is 1520. The molecule has 5 rings (SSSR count). The molecule has 8 nitrogen and oxygen atoms in total. The predicted molar refractivity (Wildman–Crippen MR) is 136 cm³/mol. The van der Waals surface area contributed by atoms with Crippen LogP contribution >= 0.6 is 10.6 Å². The minimum Gasteiger partial charge on any atom is -0.457 e. The summed E-state index contributed by atoms with van der Waals surface area (Å²) in [6.07, 6.45) is 3.16. The van der Waals surface area contributed by atoms with E-state index in [4.69, 9.17) is 4.74 Å². The van der Waals surface area contributed by atoms with Crippen molar-refractivity contribution in [3.05, 3.63) is 95.2 Å². The maximum Gasteiger partial charge on any atom is 0.269 e. The maximum absolute atomic E-state index is 13.1. The smallest absolute Gasteiger partial charge is 0.269 e. The van der Waals surface area contributed by atoms with Gasteiger partial charge in [-0.05, 0) is 64.9 Å². The van der Waals surface area contributed by atoms with Gasteiger partial charge < -0.3 is 15.4 Å². The summed E-state index contributed by atoms with van der Waals surface area (Å²) >= 11 is 0. The van der Waals surface area contributed by atoms with Crippen LogP contribution in [-0.2, 0) is 0 Å². The van der Waals surface area contributed by atoms with Gasteiger partial charge in [0, 0.05) is 36.0 Å². The van der Waals surface area contributed by atoms with Gasteiger partial charge in [0.1, 0.15) is 17.2 Å². The van der Waals surface area contributed by atoms with Gasteiger partial charge in [-0.3, -0.25) is 23.7 Å². The Morgan fingerprint density at radius 1 is 0.943 bits per heavy atom. The summed E-state index contributed by atoms with van der Waals surface area (Å²) in [5, 5.41) is 8.26. The molecule has 4 N–H and O–H groups in total. The zero-order valence-electron chi connectivity index (χ0n) is 18.6. The fourth-order valence-corrected chi connectivity index (χ4v) is 5.10. The minimum absolute atomic E-state index is 0.244. The summed E-state index contributed by atoms with van der Waals surface area (Å²) < 4.78 is 26.2. The number of aromatic nitrogens is 1. The van der Waals surface area contributed by atoms with Crippen LogP contribution in [0.15, 0.2) is 83.2 Å². The van der Waals surface area contributed by atoms with Crippen LogP contribution in [0.4, 0.5) is 5.69 Å². The van der Waals surface area contributed by atoms with Crippen LogP contribution in [-0.4, -0.2) is 33.0 Å². The molecule has 1 aliphatic heterocycles.